The maximum absolute atomic E-state index is 13.4. The number of carbonyl (C=O) groups is 1. The number of fused-ring (bicyclic) bond motifs is 1. The molecule has 4 rings (SSSR count). The van der Waals surface area contributed by atoms with Crippen LogP contribution in [0.2, 0.25) is 0 Å². The van der Waals surface area contributed by atoms with E-state index >= 15 is 0 Å². The Morgan fingerprint density at radius 1 is 1.10 bits per heavy atom. The molecule has 0 aliphatic rings. The van der Waals surface area contributed by atoms with Crippen molar-refractivity contribution in [2.24, 2.45) is 0 Å². The fourth-order valence-corrected chi connectivity index (χ4v) is 4.38. The lowest BCUT2D eigenvalue weighted by Crippen LogP contribution is -2.30. The molecule has 0 aliphatic heterocycles. The number of rotatable bonds is 5. The molecule has 0 spiro atoms. The Bertz CT molecular complexity index is 1150. The second-order valence-electron chi connectivity index (χ2n) is 6.87. The monoisotopic (exact) mass is 403 g/mol. The van der Waals surface area contributed by atoms with Gasteiger partial charge in [-0.1, -0.05) is 23.5 Å². The third-order valence-corrected chi connectivity index (χ3v) is 5.70. The third kappa shape index (κ3) is 3.98. The highest BCUT2D eigenvalue weighted by molar-refractivity contribution is 7.22. The number of pyridine rings is 1. The van der Waals surface area contributed by atoms with Gasteiger partial charge in [0, 0.05) is 11.8 Å². The highest BCUT2D eigenvalue weighted by Crippen LogP contribution is 2.33. The molecule has 6 heteroatoms. The molecule has 1 amide bonds. The van der Waals surface area contributed by atoms with Crippen LogP contribution in [-0.4, -0.2) is 23.0 Å². The van der Waals surface area contributed by atoms with Gasteiger partial charge in [0.2, 0.25) is 0 Å². The van der Waals surface area contributed by atoms with Crippen molar-refractivity contribution < 1.29 is 9.53 Å². The van der Waals surface area contributed by atoms with Crippen LogP contribution in [0.15, 0.2) is 60.8 Å². The maximum Gasteiger partial charge on any atom is 0.260 e. The molecule has 29 heavy (non-hydrogen) atoms. The number of amides is 1. The van der Waals surface area contributed by atoms with E-state index in [-0.39, 0.29) is 5.91 Å². The summed E-state index contributed by atoms with van der Waals surface area (Å²) >= 11 is 1.53. The van der Waals surface area contributed by atoms with Gasteiger partial charge < -0.3 is 4.74 Å². The molecule has 2 heterocycles. The third-order valence-electron chi connectivity index (χ3n) is 4.68. The van der Waals surface area contributed by atoms with Crippen molar-refractivity contribution in [3.63, 3.8) is 0 Å². The van der Waals surface area contributed by atoms with Crippen molar-refractivity contribution >= 4 is 32.6 Å². The largest absolute Gasteiger partial charge is 0.497 e. The van der Waals surface area contributed by atoms with Gasteiger partial charge in [0.1, 0.15) is 5.75 Å². The summed E-state index contributed by atoms with van der Waals surface area (Å²) in [4.78, 5) is 24.3. The summed E-state index contributed by atoms with van der Waals surface area (Å²) < 4.78 is 6.28. The summed E-state index contributed by atoms with van der Waals surface area (Å²) in [6.07, 6.45) is 1.73. The number of ether oxygens (including phenoxy) is 1. The molecule has 0 aliphatic carbocycles. The summed E-state index contributed by atoms with van der Waals surface area (Å²) in [5.74, 6) is 0.593. The van der Waals surface area contributed by atoms with Crippen molar-refractivity contribution in [2.45, 2.75) is 20.4 Å². The highest BCUT2D eigenvalue weighted by atomic mass is 32.1. The van der Waals surface area contributed by atoms with Crippen molar-refractivity contribution in [3.8, 4) is 5.75 Å². The van der Waals surface area contributed by atoms with E-state index in [2.05, 4.69) is 24.0 Å². The van der Waals surface area contributed by atoms with Gasteiger partial charge in [-0.2, -0.15) is 0 Å². The van der Waals surface area contributed by atoms with Crippen LogP contribution in [0.5, 0.6) is 5.75 Å². The van der Waals surface area contributed by atoms with E-state index in [1.807, 2.05) is 25.1 Å². The van der Waals surface area contributed by atoms with E-state index in [4.69, 9.17) is 9.72 Å². The first-order valence-electron chi connectivity index (χ1n) is 9.29. The topological polar surface area (TPSA) is 55.3 Å². The first-order chi connectivity index (χ1) is 14.0. The van der Waals surface area contributed by atoms with Gasteiger partial charge in [-0.05, 0) is 67.4 Å². The number of hydrogen-bond acceptors (Lipinski definition) is 5. The molecule has 0 N–H and O–H groups in total. The number of hydrogen-bond donors (Lipinski definition) is 0. The molecular formula is C23H21N3O2S. The van der Waals surface area contributed by atoms with Crippen molar-refractivity contribution in [1.82, 2.24) is 9.97 Å². The molecule has 4 aromatic rings. The number of aryl methyl sites for hydroxylation is 2. The molecule has 0 saturated carbocycles. The first kappa shape index (κ1) is 19.1. The van der Waals surface area contributed by atoms with Crippen molar-refractivity contribution in [2.75, 3.05) is 12.0 Å². The smallest absolute Gasteiger partial charge is 0.260 e. The number of aromatic nitrogens is 2. The van der Waals surface area contributed by atoms with Crippen LogP contribution in [0.3, 0.4) is 0 Å². The SMILES string of the molecule is COc1ccc(C(=O)N(Cc2ccccn2)c2nc3c(C)cc(C)cc3s2)cc1. The fourth-order valence-electron chi connectivity index (χ4n) is 3.24. The second-order valence-corrected chi connectivity index (χ2v) is 7.87. The van der Waals surface area contributed by atoms with E-state index in [0.717, 1.165) is 21.5 Å². The molecule has 0 saturated heterocycles. The minimum Gasteiger partial charge on any atom is -0.497 e. The quantitative estimate of drug-likeness (QED) is 0.462. The maximum atomic E-state index is 13.4. The van der Waals surface area contributed by atoms with Crippen LogP contribution in [-0.2, 0) is 6.54 Å². The summed E-state index contributed by atoms with van der Waals surface area (Å²) in [7, 11) is 1.61. The van der Waals surface area contributed by atoms with Gasteiger partial charge in [-0.25, -0.2) is 4.98 Å². The number of methoxy groups -OCH3 is 1. The normalized spacial score (nSPS) is 10.9. The van der Waals surface area contributed by atoms with Crippen LogP contribution in [0, 0.1) is 13.8 Å². The zero-order valence-corrected chi connectivity index (χ0v) is 17.4. The average Bonchev–Trinajstić information content (AvgIpc) is 3.16. The standard InChI is InChI=1S/C23H21N3O2S/c1-15-12-16(2)21-20(13-15)29-23(25-21)26(14-18-6-4-5-11-24-18)22(27)17-7-9-19(28-3)10-8-17/h4-13H,14H2,1-3H3. The van der Waals surface area contributed by atoms with E-state index in [1.165, 1.54) is 16.9 Å². The minimum atomic E-state index is -0.119. The lowest BCUT2D eigenvalue weighted by atomic mass is 10.1. The lowest BCUT2D eigenvalue weighted by Gasteiger charge is -2.19. The van der Waals surface area contributed by atoms with Crippen molar-refractivity contribution in [1.29, 1.82) is 0 Å². The number of nitrogens with zero attached hydrogens (tertiary/aromatic N) is 3. The lowest BCUT2D eigenvalue weighted by molar-refractivity contribution is 0.0985. The Balaban J connectivity index is 1.77. The molecular weight excluding hydrogens is 382 g/mol. The average molecular weight is 404 g/mol. The Kier molecular flexibility index (Phi) is 5.27. The Labute approximate surface area is 173 Å². The van der Waals surface area contributed by atoms with E-state index < -0.39 is 0 Å². The molecule has 5 nitrogen and oxygen atoms in total. The first-order valence-corrected chi connectivity index (χ1v) is 10.1. The van der Waals surface area contributed by atoms with Gasteiger partial charge >= 0.3 is 0 Å². The van der Waals surface area contributed by atoms with Crippen LogP contribution in [0.25, 0.3) is 10.2 Å². The van der Waals surface area contributed by atoms with Gasteiger partial charge in [0.25, 0.3) is 5.91 Å². The molecule has 146 valence electrons. The zero-order valence-electron chi connectivity index (χ0n) is 16.5. The van der Waals surface area contributed by atoms with Crippen LogP contribution < -0.4 is 9.64 Å². The van der Waals surface area contributed by atoms with Gasteiger partial charge in [0.15, 0.2) is 5.13 Å². The highest BCUT2D eigenvalue weighted by Gasteiger charge is 2.23. The fraction of sp³-hybridized carbons (Fsp3) is 0.174. The van der Waals surface area contributed by atoms with Gasteiger partial charge in [-0.15, -0.1) is 0 Å². The van der Waals surface area contributed by atoms with E-state index in [0.29, 0.717) is 23.0 Å². The summed E-state index contributed by atoms with van der Waals surface area (Å²) in [5, 5.41) is 0.667. The molecule has 0 atom stereocenters. The van der Waals surface area contributed by atoms with Gasteiger partial charge in [0.05, 0.1) is 29.6 Å². The Hall–Kier alpha value is -3.25. The van der Waals surface area contributed by atoms with E-state index in [9.17, 15) is 4.79 Å². The molecule has 0 fully saturated rings. The molecule has 0 bridgehead atoms. The number of anilines is 1. The Morgan fingerprint density at radius 3 is 2.59 bits per heavy atom. The van der Waals surface area contributed by atoms with Crippen LogP contribution in [0.4, 0.5) is 5.13 Å². The summed E-state index contributed by atoms with van der Waals surface area (Å²) in [6.45, 7) is 4.47. The van der Waals surface area contributed by atoms with Crippen molar-refractivity contribution in [3.05, 3.63) is 83.2 Å². The molecule has 0 unspecified atom stereocenters. The molecule has 0 radical (unpaired) electrons. The minimum absolute atomic E-state index is 0.119. The molecule has 2 aromatic carbocycles. The number of benzene rings is 2. The Morgan fingerprint density at radius 2 is 1.90 bits per heavy atom. The van der Waals surface area contributed by atoms with Gasteiger partial charge in [-0.3, -0.25) is 14.7 Å². The number of carbonyl (C=O) groups excluding carboxylic acids is 1. The summed E-state index contributed by atoms with van der Waals surface area (Å²) in [5.41, 5.74) is 4.61. The number of thiazole rings is 1. The second kappa shape index (κ2) is 8.01. The predicted molar refractivity (Wildman–Crippen MR) is 117 cm³/mol. The van der Waals surface area contributed by atoms with Crippen LogP contribution in [0.1, 0.15) is 27.2 Å². The van der Waals surface area contributed by atoms with E-state index in [1.54, 1.807) is 42.5 Å². The predicted octanol–water partition coefficient (Wildman–Crippen LogP) is 5.16. The van der Waals surface area contributed by atoms with Crippen LogP contribution >= 0.6 is 11.3 Å². The molecule has 2 aromatic heterocycles. The summed E-state index contributed by atoms with van der Waals surface area (Å²) in [6, 6.07) is 17.0. The zero-order chi connectivity index (χ0) is 20.4.